The Morgan fingerprint density at radius 3 is 2.31 bits per heavy atom. The number of nitrogens with one attached hydrogen (secondary N) is 1. The zero-order valence-electron chi connectivity index (χ0n) is 21.8. The van der Waals surface area contributed by atoms with Crippen LogP contribution in [0.3, 0.4) is 0 Å². The van der Waals surface area contributed by atoms with E-state index in [1.165, 1.54) is 12.1 Å². The largest absolute Gasteiger partial charge is 0.489 e. The number of benzene rings is 3. The summed E-state index contributed by atoms with van der Waals surface area (Å²) < 4.78 is 51.6. The molecule has 208 valence electrons. The maximum Gasteiger partial charge on any atom is 0.407 e. The third-order valence-corrected chi connectivity index (χ3v) is 5.53. The molecule has 0 spiro atoms. The number of carbonyl (C=O) groups is 2. The van der Waals surface area contributed by atoms with Gasteiger partial charge in [0.05, 0.1) is 6.42 Å². The van der Waals surface area contributed by atoms with Gasteiger partial charge in [-0.1, -0.05) is 42.5 Å². The van der Waals surface area contributed by atoms with E-state index in [1.54, 1.807) is 75.4 Å². The average Bonchev–Trinajstić information content (AvgIpc) is 2.84. The lowest BCUT2D eigenvalue weighted by atomic mass is 9.95. The first kappa shape index (κ1) is 29.5. The van der Waals surface area contributed by atoms with Gasteiger partial charge in [-0.25, -0.2) is 4.79 Å². The molecule has 1 amide bonds. The molecule has 0 heterocycles. The van der Waals surface area contributed by atoms with E-state index in [9.17, 15) is 22.8 Å². The van der Waals surface area contributed by atoms with Gasteiger partial charge in [-0.3, -0.25) is 4.79 Å². The molecule has 10 heteroatoms. The maximum atomic E-state index is 13.5. The molecule has 0 aliphatic rings. The van der Waals surface area contributed by atoms with Crippen LogP contribution in [0.15, 0.2) is 66.7 Å². The minimum absolute atomic E-state index is 0.109. The van der Waals surface area contributed by atoms with Crippen molar-refractivity contribution in [2.75, 3.05) is 0 Å². The first-order chi connectivity index (χ1) is 18.2. The van der Waals surface area contributed by atoms with Gasteiger partial charge in [0.2, 0.25) is 0 Å². The SMILES string of the molecule is CC(C)(C)OC(=O)NCc1cccc(-c2cc(COc3ccccc3CC(=O)O)cc(C(N)C(F)(F)F)c2)c1. The summed E-state index contributed by atoms with van der Waals surface area (Å²) in [6.45, 7) is 5.29. The van der Waals surface area contributed by atoms with Crippen molar-refractivity contribution in [2.45, 2.75) is 58.2 Å². The van der Waals surface area contributed by atoms with Crippen molar-refractivity contribution < 1.29 is 37.3 Å². The van der Waals surface area contributed by atoms with Crippen molar-refractivity contribution in [3.63, 3.8) is 0 Å². The Morgan fingerprint density at radius 1 is 0.949 bits per heavy atom. The molecule has 0 saturated heterocycles. The zero-order valence-corrected chi connectivity index (χ0v) is 21.8. The normalized spacial score (nSPS) is 12.5. The summed E-state index contributed by atoms with van der Waals surface area (Å²) in [6, 6.07) is 15.7. The number of ether oxygens (including phenoxy) is 2. The number of nitrogens with two attached hydrogens (primary N) is 1. The van der Waals surface area contributed by atoms with E-state index in [0.29, 0.717) is 33.6 Å². The van der Waals surface area contributed by atoms with E-state index in [4.69, 9.17) is 20.3 Å². The second-order valence-corrected chi connectivity index (χ2v) is 10.0. The van der Waals surface area contributed by atoms with Crippen LogP contribution in [-0.2, 0) is 29.1 Å². The van der Waals surface area contributed by atoms with Crippen molar-refractivity contribution in [2.24, 2.45) is 5.73 Å². The molecule has 7 nitrogen and oxygen atoms in total. The summed E-state index contributed by atoms with van der Waals surface area (Å²) in [7, 11) is 0. The number of carboxylic acids is 1. The van der Waals surface area contributed by atoms with Crippen molar-refractivity contribution in [3.05, 3.63) is 89.0 Å². The molecule has 0 aromatic heterocycles. The number of hydrogen-bond acceptors (Lipinski definition) is 5. The van der Waals surface area contributed by atoms with Gasteiger partial charge in [0.15, 0.2) is 0 Å². The first-order valence-corrected chi connectivity index (χ1v) is 12.2. The Morgan fingerprint density at radius 2 is 1.64 bits per heavy atom. The van der Waals surface area contributed by atoms with Gasteiger partial charge < -0.3 is 25.6 Å². The monoisotopic (exact) mass is 544 g/mol. The molecule has 0 bridgehead atoms. The van der Waals surface area contributed by atoms with Gasteiger partial charge in [-0.2, -0.15) is 13.2 Å². The summed E-state index contributed by atoms with van der Waals surface area (Å²) in [5.74, 6) is -0.713. The average molecular weight is 545 g/mol. The highest BCUT2D eigenvalue weighted by Crippen LogP contribution is 2.34. The van der Waals surface area contributed by atoms with Gasteiger partial charge in [0.1, 0.15) is 24.0 Å². The lowest BCUT2D eigenvalue weighted by molar-refractivity contribution is -0.149. The van der Waals surface area contributed by atoms with Crippen LogP contribution >= 0.6 is 0 Å². The minimum Gasteiger partial charge on any atom is -0.489 e. The third kappa shape index (κ3) is 9.03. The summed E-state index contributed by atoms with van der Waals surface area (Å²) in [5, 5.41) is 11.8. The molecule has 0 fully saturated rings. The van der Waals surface area contributed by atoms with Crippen LogP contribution in [-0.4, -0.2) is 28.9 Å². The van der Waals surface area contributed by atoms with Gasteiger partial charge in [-0.15, -0.1) is 0 Å². The zero-order chi connectivity index (χ0) is 28.8. The lowest BCUT2D eigenvalue weighted by Crippen LogP contribution is -2.32. The number of hydrogen-bond donors (Lipinski definition) is 3. The molecule has 3 aromatic rings. The van der Waals surface area contributed by atoms with Gasteiger partial charge in [-0.05, 0) is 72.9 Å². The molecule has 4 N–H and O–H groups in total. The molecule has 1 unspecified atom stereocenters. The standard InChI is InChI=1S/C29H31F3N2O5/c1-28(2,3)39-27(37)34-16-18-7-6-9-20(11-18)22-12-19(13-23(14-22)26(33)29(30,31)32)17-38-24-10-5-4-8-21(24)15-25(35)36/h4-14,26H,15-17,33H2,1-3H3,(H,34,37)(H,35,36). The highest BCUT2D eigenvalue weighted by atomic mass is 19.4. The van der Waals surface area contributed by atoms with Crippen molar-refractivity contribution in [3.8, 4) is 16.9 Å². The molecule has 0 aliphatic heterocycles. The van der Waals surface area contributed by atoms with Crippen LogP contribution in [0.5, 0.6) is 5.75 Å². The quantitative estimate of drug-likeness (QED) is 0.298. The number of para-hydroxylation sites is 1. The van der Waals surface area contributed by atoms with Crippen LogP contribution in [0.25, 0.3) is 11.1 Å². The molecule has 1 atom stereocenters. The smallest absolute Gasteiger partial charge is 0.407 e. The molecule has 3 aromatic carbocycles. The van der Waals surface area contributed by atoms with Crippen LogP contribution in [0.4, 0.5) is 18.0 Å². The van der Waals surface area contributed by atoms with E-state index in [2.05, 4.69) is 5.32 Å². The number of alkyl halides is 3. The molecule has 0 saturated carbocycles. The Balaban J connectivity index is 1.90. The Labute approximate surface area is 224 Å². The predicted octanol–water partition coefficient (Wildman–Crippen LogP) is 6.15. The molecular formula is C29H31F3N2O5. The van der Waals surface area contributed by atoms with E-state index in [-0.39, 0.29) is 25.1 Å². The topological polar surface area (TPSA) is 111 Å². The molecule has 3 rings (SSSR count). The summed E-state index contributed by atoms with van der Waals surface area (Å²) in [5.41, 5.74) is 7.41. The highest BCUT2D eigenvalue weighted by Gasteiger charge is 2.38. The number of alkyl carbamates (subject to hydrolysis) is 1. The molecular weight excluding hydrogens is 513 g/mol. The number of carboxylic acid groups (broad SMARTS) is 1. The van der Waals surface area contributed by atoms with E-state index < -0.39 is 29.9 Å². The Hall–Kier alpha value is -4.05. The highest BCUT2D eigenvalue weighted by molar-refractivity contribution is 5.71. The Kier molecular flexibility index (Phi) is 9.24. The second kappa shape index (κ2) is 12.2. The van der Waals surface area contributed by atoms with Crippen LogP contribution < -0.4 is 15.8 Å². The summed E-state index contributed by atoms with van der Waals surface area (Å²) >= 11 is 0. The van der Waals surface area contributed by atoms with Crippen LogP contribution in [0, 0.1) is 0 Å². The number of rotatable bonds is 9. The van der Waals surface area contributed by atoms with E-state index in [0.717, 1.165) is 0 Å². The minimum atomic E-state index is -4.66. The van der Waals surface area contributed by atoms with Crippen LogP contribution in [0.1, 0.15) is 49.1 Å². The fourth-order valence-electron chi connectivity index (χ4n) is 3.80. The van der Waals surface area contributed by atoms with E-state index >= 15 is 0 Å². The summed E-state index contributed by atoms with van der Waals surface area (Å²) in [4.78, 5) is 23.2. The van der Waals surface area contributed by atoms with Crippen LogP contribution in [0.2, 0.25) is 0 Å². The number of carbonyl (C=O) groups excluding carboxylic acids is 1. The fourth-order valence-corrected chi connectivity index (χ4v) is 3.80. The van der Waals surface area contributed by atoms with Crippen molar-refractivity contribution in [1.29, 1.82) is 0 Å². The predicted molar refractivity (Wildman–Crippen MR) is 140 cm³/mol. The fraction of sp³-hybridized carbons (Fsp3) is 0.310. The summed E-state index contributed by atoms with van der Waals surface area (Å²) in [6.07, 6.45) is -5.51. The third-order valence-electron chi connectivity index (χ3n) is 5.53. The van der Waals surface area contributed by atoms with Gasteiger partial charge >= 0.3 is 18.2 Å². The van der Waals surface area contributed by atoms with Gasteiger partial charge in [0.25, 0.3) is 0 Å². The van der Waals surface area contributed by atoms with Gasteiger partial charge in [0, 0.05) is 12.1 Å². The second-order valence-electron chi connectivity index (χ2n) is 10.0. The molecule has 0 radical (unpaired) electrons. The van der Waals surface area contributed by atoms with Crippen molar-refractivity contribution >= 4 is 12.1 Å². The number of halogens is 3. The first-order valence-electron chi connectivity index (χ1n) is 12.2. The van der Waals surface area contributed by atoms with E-state index in [1.807, 2.05) is 0 Å². The lowest BCUT2D eigenvalue weighted by Gasteiger charge is -2.20. The Bertz CT molecular complexity index is 1320. The number of aliphatic carboxylic acids is 1. The van der Waals surface area contributed by atoms with Crippen molar-refractivity contribution in [1.82, 2.24) is 5.32 Å². The maximum absolute atomic E-state index is 13.5. The number of amides is 1. The molecule has 0 aliphatic carbocycles. The molecule has 39 heavy (non-hydrogen) atoms.